The van der Waals surface area contributed by atoms with E-state index in [4.69, 9.17) is 16.3 Å². The van der Waals surface area contributed by atoms with E-state index in [-0.39, 0.29) is 18.1 Å². The largest absolute Gasteiger partial charge is 0.378 e. The number of ether oxygens (including phenoxy) is 1. The SMILES string of the molecule is O=C(CC1CCCO1)NC(c1ccccc1)c1cccc(Cl)c1. The molecule has 2 aromatic rings. The molecule has 0 aromatic heterocycles. The van der Waals surface area contributed by atoms with Gasteiger partial charge in [-0.05, 0) is 36.1 Å². The number of halogens is 1. The van der Waals surface area contributed by atoms with Gasteiger partial charge in [-0.15, -0.1) is 0 Å². The zero-order valence-corrected chi connectivity index (χ0v) is 13.6. The number of rotatable bonds is 5. The number of hydrogen-bond acceptors (Lipinski definition) is 2. The van der Waals surface area contributed by atoms with Crippen LogP contribution in [0.3, 0.4) is 0 Å². The summed E-state index contributed by atoms with van der Waals surface area (Å²) in [7, 11) is 0. The molecule has 3 nitrogen and oxygen atoms in total. The van der Waals surface area contributed by atoms with E-state index in [9.17, 15) is 4.79 Å². The summed E-state index contributed by atoms with van der Waals surface area (Å²) in [6, 6.07) is 17.3. The number of nitrogens with one attached hydrogen (secondary N) is 1. The monoisotopic (exact) mass is 329 g/mol. The van der Waals surface area contributed by atoms with E-state index in [2.05, 4.69) is 5.32 Å². The molecule has 23 heavy (non-hydrogen) atoms. The molecule has 1 amide bonds. The van der Waals surface area contributed by atoms with Crippen molar-refractivity contribution in [2.24, 2.45) is 0 Å². The Bertz CT molecular complexity index is 653. The fourth-order valence-electron chi connectivity index (χ4n) is 2.92. The fraction of sp³-hybridized carbons (Fsp3) is 0.316. The van der Waals surface area contributed by atoms with E-state index >= 15 is 0 Å². The molecular formula is C19H20ClNO2. The molecule has 0 bridgehead atoms. The van der Waals surface area contributed by atoms with Crippen LogP contribution in [0.5, 0.6) is 0 Å². The van der Waals surface area contributed by atoms with Gasteiger partial charge in [0.05, 0.1) is 18.6 Å². The zero-order chi connectivity index (χ0) is 16.1. The first-order valence-corrected chi connectivity index (χ1v) is 8.31. The second kappa shape index (κ2) is 7.62. The summed E-state index contributed by atoms with van der Waals surface area (Å²) in [6.45, 7) is 0.758. The maximum absolute atomic E-state index is 12.4. The van der Waals surface area contributed by atoms with Gasteiger partial charge in [-0.1, -0.05) is 54.1 Å². The molecule has 4 heteroatoms. The zero-order valence-electron chi connectivity index (χ0n) is 12.9. The van der Waals surface area contributed by atoms with Gasteiger partial charge in [0, 0.05) is 11.6 Å². The van der Waals surface area contributed by atoms with E-state index in [0.29, 0.717) is 11.4 Å². The van der Waals surface area contributed by atoms with E-state index in [1.165, 1.54) is 0 Å². The molecule has 1 aliphatic heterocycles. The minimum atomic E-state index is -0.205. The third-order valence-electron chi connectivity index (χ3n) is 4.06. The van der Waals surface area contributed by atoms with Gasteiger partial charge in [-0.2, -0.15) is 0 Å². The quantitative estimate of drug-likeness (QED) is 0.896. The molecular weight excluding hydrogens is 310 g/mol. The highest BCUT2D eigenvalue weighted by atomic mass is 35.5. The topological polar surface area (TPSA) is 38.3 Å². The molecule has 3 rings (SSSR count). The van der Waals surface area contributed by atoms with Crippen LogP contribution in [0.4, 0.5) is 0 Å². The van der Waals surface area contributed by atoms with Crippen LogP contribution in [0.25, 0.3) is 0 Å². The highest BCUT2D eigenvalue weighted by Gasteiger charge is 2.22. The molecule has 2 atom stereocenters. The Hall–Kier alpha value is -1.84. The first kappa shape index (κ1) is 16.0. The van der Waals surface area contributed by atoms with Crippen molar-refractivity contribution in [1.29, 1.82) is 0 Å². The number of hydrogen-bond donors (Lipinski definition) is 1. The molecule has 2 aromatic carbocycles. The van der Waals surface area contributed by atoms with Crippen LogP contribution in [0.15, 0.2) is 54.6 Å². The van der Waals surface area contributed by atoms with Gasteiger partial charge in [0.2, 0.25) is 5.91 Å². The van der Waals surface area contributed by atoms with Crippen molar-refractivity contribution in [2.75, 3.05) is 6.61 Å². The van der Waals surface area contributed by atoms with Gasteiger partial charge in [0.1, 0.15) is 0 Å². The first-order valence-electron chi connectivity index (χ1n) is 7.94. The molecule has 0 spiro atoms. The highest BCUT2D eigenvalue weighted by Crippen LogP contribution is 2.25. The predicted molar refractivity (Wildman–Crippen MR) is 91.5 cm³/mol. The van der Waals surface area contributed by atoms with Gasteiger partial charge in [-0.3, -0.25) is 4.79 Å². The minimum absolute atomic E-state index is 0.00530. The lowest BCUT2D eigenvalue weighted by Gasteiger charge is -2.21. The van der Waals surface area contributed by atoms with Crippen LogP contribution in [-0.4, -0.2) is 18.6 Å². The lowest BCUT2D eigenvalue weighted by molar-refractivity contribution is -0.123. The first-order chi connectivity index (χ1) is 11.2. The van der Waals surface area contributed by atoms with Crippen LogP contribution in [0.2, 0.25) is 5.02 Å². The number of benzene rings is 2. The number of carbonyl (C=O) groups excluding carboxylic acids is 1. The molecule has 120 valence electrons. The molecule has 1 aliphatic rings. The third-order valence-corrected chi connectivity index (χ3v) is 4.29. The van der Waals surface area contributed by atoms with Gasteiger partial charge in [-0.25, -0.2) is 0 Å². The summed E-state index contributed by atoms with van der Waals surface area (Å²) in [6.07, 6.45) is 2.45. The molecule has 0 radical (unpaired) electrons. The minimum Gasteiger partial charge on any atom is -0.378 e. The maximum Gasteiger partial charge on any atom is 0.223 e. The Morgan fingerprint density at radius 1 is 1.17 bits per heavy atom. The molecule has 1 N–H and O–H groups in total. The van der Waals surface area contributed by atoms with Gasteiger partial charge in [0.25, 0.3) is 0 Å². The van der Waals surface area contributed by atoms with Gasteiger partial charge in [0.15, 0.2) is 0 Å². The van der Waals surface area contributed by atoms with Crippen LogP contribution < -0.4 is 5.32 Å². The smallest absolute Gasteiger partial charge is 0.223 e. The van der Waals surface area contributed by atoms with E-state index in [1.807, 2.05) is 54.6 Å². The Morgan fingerprint density at radius 2 is 1.96 bits per heavy atom. The summed E-state index contributed by atoms with van der Waals surface area (Å²) in [4.78, 5) is 12.4. The summed E-state index contributed by atoms with van der Waals surface area (Å²) in [5.74, 6) is 0.00530. The maximum atomic E-state index is 12.4. The predicted octanol–water partition coefficient (Wildman–Crippen LogP) is 4.11. The second-order valence-corrected chi connectivity index (χ2v) is 6.24. The van der Waals surface area contributed by atoms with Crippen molar-refractivity contribution < 1.29 is 9.53 Å². The fourth-order valence-corrected chi connectivity index (χ4v) is 3.12. The normalized spacial score (nSPS) is 18.6. The number of amides is 1. The van der Waals surface area contributed by atoms with E-state index < -0.39 is 0 Å². The Balaban J connectivity index is 1.79. The van der Waals surface area contributed by atoms with Gasteiger partial charge >= 0.3 is 0 Å². The standard InChI is InChI=1S/C19H20ClNO2/c20-16-9-4-8-15(12-16)19(14-6-2-1-3-7-14)21-18(22)13-17-10-5-11-23-17/h1-4,6-9,12,17,19H,5,10-11,13H2,(H,21,22). The average Bonchev–Trinajstić information content (AvgIpc) is 3.06. The average molecular weight is 330 g/mol. The molecule has 2 unspecified atom stereocenters. The Labute approximate surface area is 141 Å². The van der Waals surface area contributed by atoms with Crippen molar-refractivity contribution in [3.05, 3.63) is 70.7 Å². The van der Waals surface area contributed by atoms with Gasteiger partial charge < -0.3 is 10.1 Å². The van der Waals surface area contributed by atoms with Crippen molar-refractivity contribution in [2.45, 2.75) is 31.4 Å². The summed E-state index contributed by atoms with van der Waals surface area (Å²) in [5.41, 5.74) is 2.01. The van der Waals surface area contributed by atoms with Crippen LogP contribution >= 0.6 is 11.6 Å². The summed E-state index contributed by atoms with van der Waals surface area (Å²) < 4.78 is 5.55. The molecule has 0 saturated carbocycles. The van der Waals surface area contributed by atoms with Crippen LogP contribution in [-0.2, 0) is 9.53 Å². The number of carbonyl (C=O) groups is 1. The molecule has 1 fully saturated rings. The van der Waals surface area contributed by atoms with E-state index in [0.717, 1.165) is 30.6 Å². The van der Waals surface area contributed by atoms with Crippen molar-refractivity contribution in [3.63, 3.8) is 0 Å². The lowest BCUT2D eigenvalue weighted by Crippen LogP contribution is -2.31. The van der Waals surface area contributed by atoms with E-state index in [1.54, 1.807) is 0 Å². The van der Waals surface area contributed by atoms with Crippen LogP contribution in [0, 0.1) is 0 Å². The van der Waals surface area contributed by atoms with Crippen LogP contribution in [0.1, 0.15) is 36.4 Å². The van der Waals surface area contributed by atoms with Crippen molar-refractivity contribution >= 4 is 17.5 Å². The Kier molecular flexibility index (Phi) is 5.31. The second-order valence-electron chi connectivity index (χ2n) is 5.81. The highest BCUT2D eigenvalue weighted by molar-refractivity contribution is 6.30. The van der Waals surface area contributed by atoms with Crippen molar-refractivity contribution in [3.8, 4) is 0 Å². The third kappa shape index (κ3) is 4.34. The summed E-state index contributed by atoms with van der Waals surface area (Å²) in [5, 5.41) is 3.79. The Morgan fingerprint density at radius 3 is 2.65 bits per heavy atom. The molecule has 1 heterocycles. The van der Waals surface area contributed by atoms with Crippen molar-refractivity contribution in [1.82, 2.24) is 5.32 Å². The summed E-state index contributed by atoms with van der Waals surface area (Å²) >= 11 is 6.12. The molecule has 1 saturated heterocycles. The molecule has 0 aliphatic carbocycles. The lowest BCUT2D eigenvalue weighted by atomic mass is 9.98.